The zero-order valence-corrected chi connectivity index (χ0v) is 17.1. The maximum atomic E-state index is 12.2. The molecule has 2 heterocycles. The van der Waals surface area contributed by atoms with E-state index in [1.165, 1.54) is 6.08 Å². The molecular formula is C22H26N4O4. The Kier molecular flexibility index (Phi) is 6.90. The largest absolute Gasteiger partial charge is 0.493 e. The summed E-state index contributed by atoms with van der Waals surface area (Å²) in [5, 5.41) is 2.78. The van der Waals surface area contributed by atoms with E-state index >= 15 is 0 Å². The van der Waals surface area contributed by atoms with Gasteiger partial charge in [-0.05, 0) is 48.7 Å². The van der Waals surface area contributed by atoms with Crippen LogP contribution >= 0.6 is 0 Å². The Bertz CT molecular complexity index is 927. The lowest BCUT2D eigenvalue weighted by atomic mass is 9.97. The summed E-state index contributed by atoms with van der Waals surface area (Å²) in [6, 6.07) is 9.02. The van der Waals surface area contributed by atoms with Crippen LogP contribution in [0.25, 0.3) is 6.08 Å². The molecule has 1 aromatic carbocycles. The molecule has 1 aliphatic heterocycles. The zero-order valence-electron chi connectivity index (χ0n) is 17.1. The molecule has 1 aromatic heterocycles. The number of amides is 2. The van der Waals surface area contributed by atoms with Crippen molar-refractivity contribution >= 4 is 29.4 Å². The summed E-state index contributed by atoms with van der Waals surface area (Å²) in [5.41, 5.74) is 6.83. The van der Waals surface area contributed by atoms with Crippen LogP contribution in [0.1, 0.15) is 18.4 Å². The Morgan fingerprint density at radius 3 is 2.67 bits per heavy atom. The van der Waals surface area contributed by atoms with Gasteiger partial charge in [-0.25, -0.2) is 4.98 Å². The van der Waals surface area contributed by atoms with Crippen LogP contribution in [0.2, 0.25) is 0 Å². The number of carbonyl (C=O) groups is 2. The highest BCUT2D eigenvalue weighted by Gasteiger charge is 2.24. The van der Waals surface area contributed by atoms with Crippen molar-refractivity contribution in [2.24, 2.45) is 11.7 Å². The molecule has 1 fully saturated rings. The molecule has 2 amide bonds. The minimum atomic E-state index is -0.273. The van der Waals surface area contributed by atoms with Crippen LogP contribution in [0.3, 0.4) is 0 Å². The molecule has 158 valence electrons. The first-order chi connectivity index (χ1) is 14.5. The summed E-state index contributed by atoms with van der Waals surface area (Å²) >= 11 is 0. The fourth-order valence-electron chi connectivity index (χ4n) is 3.38. The topological polar surface area (TPSA) is 107 Å². The summed E-state index contributed by atoms with van der Waals surface area (Å²) in [5.74, 6) is 1.29. The van der Waals surface area contributed by atoms with Crippen molar-refractivity contribution in [1.29, 1.82) is 0 Å². The number of nitrogens with one attached hydrogen (secondary N) is 1. The van der Waals surface area contributed by atoms with Gasteiger partial charge in [0.15, 0.2) is 11.5 Å². The van der Waals surface area contributed by atoms with Crippen LogP contribution in [0.5, 0.6) is 11.5 Å². The van der Waals surface area contributed by atoms with E-state index < -0.39 is 0 Å². The number of ether oxygens (including phenoxy) is 2. The summed E-state index contributed by atoms with van der Waals surface area (Å²) in [7, 11) is 3.13. The Balaban J connectivity index is 1.59. The fourth-order valence-corrected chi connectivity index (χ4v) is 3.38. The molecule has 0 aliphatic carbocycles. The summed E-state index contributed by atoms with van der Waals surface area (Å²) in [6.45, 7) is 1.40. The summed E-state index contributed by atoms with van der Waals surface area (Å²) in [4.78, 5) is 30.1. The third-order valence-corrected chi connectivity index (χ3v) is 5.00. The average Bonchev–Trinajstić information content (AvgIpc) is 2.78. The number of pyridine rings is 1. The number of hydrogen-bond donors (Lipinski definition) is 2. The second kappa shape index (κ2) is 9.78. The minimum absolute atomic E-state index is 0.151. The van der Waals surface area contributed by atoms with Gasteiger partial charge in [-0.2, -0.15) is 0 Å². The first kappa shape index (κ1) is 21.2. The van der Waals surface area contributed by atoms with Gasteiger partial charge in [0.05, 0.1) is 32.0 Å². The normalized spacial score (nSPS) is 16.3. The van der Waals surface area contributed by atoms with Crippen molar-refractivity contribution in [2.45, 2.75) is 12.8 Å². The molecule has 30 heavy (non-hydrogen) atoms. The number of piperidine rings is 1. The number of rotatable bonds is 7. The molecule has 8 nitrogen and oxygen atoms in total. The first-order valence-electron chi connectivity index (χ1n) is 9.71. The minimum Gasteiger partial charge on any atom is -0.493 e. The molecule has 1 unspecified atom stereocenters. The van der Waals surface area contributed by atoms with E-state index in [1.54, 1.807) is 44.7 Å². The van der Waals surface area contributed by atoms with Crippen LogP contribution in [0.15, 0.2) is 42.6 Å². The molecular weight excluding hydrogens is 384 g/mol. The zero-order chi connectivity index (χ0) is 21.5. The Morgan fingerprint density at radius 2 is 2.00 bits per heavy atom. The van der Waals surface area contributed by atoms with Crippen molar-refractivity contribution in [1.82, 2.24) is 4.98 Å². The standard InChI is InChI=1S/C22H26N4O4/c1-29-18-8-5-15(12-19(18)30-2)6-10-21(27)25-17-7-9-20(24-13-17)26-11-3-4-16(14-26)22(23)28/h5-10,12-13,16H,3-4,11,14H2,1-2H3,(H2,23,28)(H,25,27)/b10-6+. The van der Waals surface area contributed by atoms with Gasteiger partial charge in [-0.15, -0.1) is 0 Å². The van der Waals surface area contributed by atoms with Crippen LogP contribution in [-0.4, -0.2) is 44.1 Å². The van der Waals surface area contributed by atoms with Crippen LogP contribution in [-0.2, 0) is 9.59 Å². The number of aromatic nitrogens is 1. The molecule has 1 saturated heterocycles. The maximum Gasteiger partial charge on any atom is 0.248 e. The predicted molar refractivity (Wildman–Crippen MR) is 116 cm³/mol. The van der Waals surface area contributed by atoms with Crippen molar-refractivity contribution < 1.29 is 19.1 Å². The lowest BCUT2D eigenvalue weighted by molar-refractivity contribution is -0.122. The van der Waals surface area contributed by atoms with E-state index in [0.29, 0.717) is 23.7 Å². The van der Waals surface area contributed by atoms with Gasteiger partial charge in [-0.1, -0.05) is 6.07 Å². The smallest absolute Gasteiger partial charge is 0.248 e. The Hall–Kier alpha value is -3.55. The van der Waals surface area contributed by atoms with Crippen molar-refractivity contribution in [3.63, 3.8) is 0 Å². The molecule has 8 heteroatoms. The predicted octanol–water partition coefficient (Wildman–Crippen LogP) is 2.45. The third kappa shape index (κ3) is 5.28. The number of nitrogens with zero attached hydrogens (tertiary/aromatic N) is 2. The number of primary amides is 1. The van der Waals surface area contributed by atoms with Gasteiger partial charge in [-0.3, -0.25) is 9.59 Å². The monoisotopic (exact) mass is 410 g/mol. The highest BCUT2D eigenvalue weighted by atomic mass is 16.5. The molecule has 3 N–H and O–H groups in total. The van der Waals surface area contributed by atoms with Crippen molar-refractivity contribution in [3.05, 3.63) is 48.2 Å². The molecule has 0 bridgehead atoms. The number of nitrogens with two attached hydrogens (primary N) is 1. The van der Waals surface area contributed by atoms with E-state index in [2.05, 4.69) is 10.3 Å². The average molecular weight is 410 g/mol. The third-order valence-electron chi connectivity index (χ3n) is 5.00. The molecule has 1 atom stereocenters. The summed E-state index contributed by atoms with van der Waals surface area (Å²) < 4.78 is 10.5. The number of carbonyl (C=O) groups excluding carboxylic acids is 2. The van der Waals surface area contributed by atoms with Crippen LogP contribution in [0.4, 0.5) is 11.5 Å². The van der Waals surface area contributed by atoms with Crippen LogP contribution < -0.4 is 25.4 Å². The van der Waals surface area contributed by atoms with E-state index in [-0.39, 0.29) is 17.7 Å². The second-order valence-corrected chi connectivity index (χ2v) is 7.03. The van der Waals surface area contributed by atoms with Gasteiger partial charge < -0.3 is 25.4 Å². The number of anilines is 2. The number of benzene rings is 1. The maximum absolute atomic E-state index is 12.2. The highest BCUT2D eigenvalue weighted by Crippen LogP contribution is 2.28. The highest BCUT2D eigenvalue weighted by molar-refractivity contribution is 6.01. The second-order valence-electron chi connectivity index (χ2n) is 7.03. The van der Waals surface area contributed by atoms with Gasteiger partial charge in [0.25, 0.3) is 0 Å². The molecule has 0 saturated carbocycles. The molecule has 1 aliphatic rings. The molecule has 0 spiro atoms. The summed E-state index contributed by atoms with van der Waals surface area (Å²) in [6.07, 6.45) is 6.44. The molecule has 2 aromatic rings. The van der Waals surface area contributed by atoms with Gasteiger partial charge >= 0.3 is 0 Å². The SMILES string of the molecule is COc1ccc(/C=C/C(=O)Nc2ccc(N3CCCC(C(N)=O)C3)nc2)cc1OC. The van der Waals surface area contributed by atoms with Gasteiger partial charge in [0, 0.05) is 19.2 Å². The first-order valence-corrected chi connectivity index (χ1v) is 9.71. The van der Waals surface area contributed by atoms with Crippen molar-refractivity contribution in [3.8, 4) is 11.5 Å². The van der Waals surface area contributed by atoms with Gasteiger partial charge in [0.1, 0.15) is 5.82 Å². The van der Waals surface area contributed by atoms with E-state index in [4.69, 9.17) is 15.2 Å². The quantitative estimate of drug-likeness (QED) is 0.679. The Labute approximate surface area is 175 Å². The lowest BCUT2D eigenvalue weighted by Crippen LogP contribution is -2.41. The number of hydrogen-bond acceptors (Lipinski definition) is 6. The molecule has 3 rings (SSSR count). The van der Waals surface area contributed by atoms with E-state index in [1.807, 2.05) is 17.0 Å². The number of methoxy groups -OCH3 is 2. The Morgan fingerprint density at radius 1 is 1.20 bits per heavy atom. The van der Waals surface area contributed by atoms with Crippen LogP contribution in [0, 0.1) is 5.92 Å². The van der Waals surface area contributed by atoms with Crippen molar-refractivity contribution in [2.75, 3.05) is 37.5 Å². The van der Waals surface area contributed by atoms with Gasteiger partial charge in [0.2, 0.25) is 11.8 Å². The van der Waals surface area contributed by atoms with E-state index in [0.717, 1.165) is 30.8 Å². The lowest BCUT2D eigenvalue weighted by Gasteiger charge is -2.32. The fraction of sp³-hybridized carbons (Fsp3) is 0.318. The van der Waals surface area contributed by atoms with E-state index in [9.17, 15) is 9.59 Å². The molecule has 0 radical (unpaired) electrons.